The molecule has 0 aromatic heterocycles. The topological polar surface area (TPSA) is 121 Å². The zero-order chi connectivity index (χ0) is 9.97. The number of hydrogen-bond acceptors (Lipinski definition) is 2. The van der Waals surface area contributed by atoms with Gasteiger partial charge in [-0.25, -0.2) is 0 Å². The van der Waals surface area contributed by atoms with Crippen molar-refractivity contribution in [3.05, 3.63) is 42.5 Å². The molecule has 6 heteroatoms. The molecule has 5 nitrogen and oxygen atoms in total. The minimum absolute atomic E-state index is 0. The van der Waals surface area contributed by atoms with E-state index in [-0.39, 0.29) is 53.4 Å². The number of ether oxygens (including phenoxy) is 1. The summed E-state index contributed by atoms with van der Waals surface area (Å²) in [7, 11) is 0. The first-order chi connectivity index (χ1) is 6.77. The molecule has 0 saturated heterocycles. The van der Waals surface area contributed by atoms with E-state index in [2.05, 4.69) is 0 Å². The summed E-state index contributed by atoms with van der Waals surface area (Å²) in [6.45, 7) is 1.40. The summed E-state index contributed by atoms with van der Waals surface area (Å²) in [4.78, 5) is 10.8. The van der Waals surface area contributed by atoms with E-state index in [1.807, 2.05) is 36.4 Å². The van der Waals surface area contributed by atoms with Gasteiger partial charge in [0, 0.05) is 12.3 Å². The first kappa shape index (κ1) is 22.2. The van der Waals surface area contributed by atoms with Crippen LogP contribution in [0.5, 0.6) is 5.75 Å². The predicted octanol–water partition coefficient (Wildman–Crippen LogP) is -2.59. The second-order valence-electron chi connectivity index (χ2n) is 3.07. The summed E-state index contributed by atoms with van der Waals surface area (Å²) in [5.74, 6) is 0.331. The van der Waals surface area contributed by atoms with Crippen LogP contribution in [0.15, 0.2) is 42.5 Å². The summed E-state index contributed by atoms with van der Waals surface area (Å²) in [5.41, 5.74) is 0. The normalized spacial score (nSPS) is 7.83. The van der Waals surface area contributed by atoms with Gasteiger partial charge in [-0.15, -0.1) is 0 Å². The largest absolute Gasteiger partial charge is 1.00 e. The molecule has 0 atom stereocenters. The molecule has 18 heavy (non-hydrogen) atoms. The minimum Gasteiger partial charge on any atom is -1.00 e. The fourth-order valence-electron chi connectivity index (χ4n) is 1.44. The summed E-state index contributed by atoms with van der Waals surface area (Å²) in [5, 5.41) is 2.04. The Balaban J connectivity index is -0.000000225. The molecule has 2 aromatic rings. The van der Waals surface area contributed by atoms with E-state index in [4.69, 9.17) is 4.74 Å². The van der Waals surface area contributed by atoms with Crippen LogP contribution in [-0.4, -0.2) is 22.4 Å². The monoisotopic (exact) mass is 264 g/mol. The van der Waals surface area contributed by atoms with E-state index >= 15 is 0 Å². The number of rotatable bonds is 1. The van der Waals surface area contributed by atoms with Crippen molar-refractivity contribution in [1.82, 2.24) is 0 Å². The van der Waals surface area contributed by atoms with E-state index < -0.39 is 0 Å². The van der Waals surface area contributed by atoms with Crippen LogP contribution in [0.4, 0.5) is 0 Å². The van der Waals surface area contributed by atoms with Gasteiger partial charge < -0.3 is 22.6 Å². The van der Waals surface area contributed by atoms with Crippen LogP contribution in [0.2, 0.25) is 0 Å². The average molecular weight is 264 g/mol. The van der Waals surface area contributed by atoms with Gasteiger partial charge in [-0.2, -0.15) is 0 Å². The van der Waals surface area contributed by atoms with Crippen molar-refractivity contribution < 1.29 is 56.9 Å². The Morgan fingerprint density at radius 3 is 2.17 bits per heavy atom. The first-order valence-corrected chi connectivity index (χ1v) is 4.43. The van der Waals surface area contributed by atoms with Gasteiger partial charge in [0.15, 0.2) is 0 Å². The molecule has 0 saturated carbocycles. The van der Waals surface area contributed by atoms with Crippen molar-refractivity contribution in [1.29, 1.82) is 0 Å². The van der Waals surface area contributed by atoms with Crippen molar-refractivity contribution in [3.8, 4) is 5.75 Å². The summed E-state index contributed by atoms with van der Waals surface area (Å²) < 4.78 is 5.09. The molecule has 0 amide bonds. The van der Waals surface area contributed by atoms with Crippen LogP contribution in [0.1, 0.15) is 8.35 Å². The molecule has 2 aromatic carbocycles. The Morgan fingerprint density at radius 1 is 1.00 bits per heavy atom. The Hall–Kier alpha value is -0.950. The maximum absolute atomic E-state index is 10.8. The van der Waals surface area contributed by atoms with E-state index in [1.165, 1.54) is 6.92 Å². The van der Waals surface area contributed by atoms with E-state index in [9.17, 15) is 4.79 Å². The summed E-state index contributed by atoms with van der Waals surface area (Å²) >= 11 is 0. The standard InChI is InChI=1S/C12H10O2.Na.3H2O.H/c1-9(13)14-12-8-4-6-10-5-2-3-7-11(10)12;;;;;/h2-8H,1H3;;3*1H2;/q;+1;;;;-1. The molecule has 0 aliphatic heterocycles. The minimum atomic E-state index is -0.290. The zero-order valence-electron chi connectivity index (χ0n) is 11.4. The molecule has 0 spiro atoms. The van der Waals surface area contributed by atoms with Gasteiger partial charge >= 0.3 is 35.5 Å². The van der Waals surface area contributed by atoms with Crippen molar-refractivity contribution in [2.75, 3.05) is 0 Å². The Kier molecular flexibility index (Phi) is 12.4. The SMILES string of the molecule is CC(=O)Oc1cccc2ccccc12.O.O.O.[H-].[Na+]. The molecule has 0 heterocycles. The summed E-state index contributed by atoms with van der Waals surface area (Å²) in [6, 6.07) is 13.5. The third kappa shape index (κ3) is 5.14. The molecule has 0 unspecified atom stereocenters. The molecule has 0 bridgehead atoms. The predicted molar refractivity (Wildman–Crippen MR) is 67.2 cm³/mol. The van der Waals surface area contributed by atoms with Gasteiger partial charge in [0.05, 0.1) is 0 Å². The molecular formula is C12H17NaO5. The van der Waals surface area contributed by atoms with Crippen molar-refractivity contribution in [2.24, 2.45) is 0 Å². The van der Waals surface area contributed by atoms with Crippen LogP contribution < -0.4 is 34.3 Å². The Bertz CT molecular complexity index is 487. The molecule has 0 radical (unpaired) electrons. The molecular weight excluding hydrogens is 247 g/mol. The van der Waals surface area contributed by atoms with Crippen LogP contribution >= 0.6 is 0 Å². The van der Waals surface area contributed by atoms with Crippen molar-refractivity contribution >= 4 is 16.7 Å². The zero-order valence-corrected chi connectivity index (χ0v) is 12.4. The van der Waals surface area contributed by atoms with Crippen LogP contribution in [-0.2, 0) is 4.79 Å². The summed E-state index contributed by atoms with van der Waals surface area (Å²) in [6.07, 6.45) is 0. The Morgan fingerprint density at radius 2 is 1.56 bits per heavy atom. The molecule has 2 rings (SSSR count). The molecule has 0 aliphatic rings. The van der Waals surface area contributed by atoms with Gasteiger partial charge in [-0.3, -0.25) is 4.79 Å². The molecule has 6 N–H and O–H groups in total. The smallest absolute Gasteiger partial charge is 1.00 e. The maximum Gasteiger partial charge on any atom is 1.00 e. The average Bonchev–Trinajstić information content (AvgIpc) is 2.18. The number of fused-ring (bicyclic) bond motifs is 1. The van der Waals surface area contributed by atoms with E-state index in [0.717, 1.165) is 10.8 Å². The van der Waals surface area contributed by atoms with Gasteiger partial charge in [0.1, 0.15) is 5.75 Å². The van der Waals surface area contributed by atoms with Crippen LogP contribution in [0.3, 0.4) is 0 Å². The van der Waals surface area contributed by atoms with Crippen molar-refractivity contribution in [2.45, 2.75) is 6.92 Å². The number of carbonyl (C=O) groups excluding carboxylic acids is 1. The quantitative estimate of drug-likeness (QED) is 0.319. The fraction of sp³-hybridized carbons (Fsp3) is 0.0833. The van der Waals surface area contributed by atoms with E-state index in [0.29, 0.717) is 5.75 Å². The number of esters is 1. The second-order valence-corrected chi connectivity index (χ2v) is 3.07. The maximum atomic E-state index is 10.8. The van der Waals surface area contributed by atoms with Crippen molar-refractivity contribution in [3.63, 3.8) is 0 Å². The van der Waals surface area contributed by atoms with Crippen LogP contribution in [0, 0.1) is 0 Å². The van der Waals surface area contributed by atoms with Crippen LogP contribution in [0.25, 0.3) is 10.8 Å². The second kappa shape index (κ2) is 10.0. The van der Waals surface area contributed by atoms with Gasteiger partial charge in [-0.05, 0) is 11.5 Å². The Labute approximate surface area is 128 Å². The van der Waals surface area contributed by atoms with Gasteiger partial charge in [0.2, 0.25) is 0 Å². The fourth-order valence-corrected chi connectivity index (χ4v) is 1.44. The molecule has 0 aliphatic carbocycles. The number of benzene rings is 2. The first-order valence-electron chi connectivity index (χ1n) is 4.43. The van der Waals surface area contributed by atoms with Gasteiger partial charge in [0.25, 0.3) is 0 Å². The molecule has 96 valence electrons. The number of carbonyl (C=O) groups is 1. The number of hydrogen-bond donors (Lipinski definition) is 0. The van der Waals surface area contributed by atoms with E-state index in [1.54, 1.807) is 6.07 Å². The third-order valence-electron chi connectivity index (χ3n) is 2.00. The molecule has 0 fully saturated rings. The third-order valence-corrected chi connectivity index (χ3v) is 2.00. The van der Waals surface area contributed by atoms with Gasteiger partial charge in [-0.1, -0.05) is 36.4 Å².